The lowest BCUT2D eigenvalue weighted by atomic mass is 9.83. The average Bonchev–Trinajstić information content (AvgIpc) is 2.60. The first-order valence-corrected chi connectivity index (χ1v) is 10.5. The summed E-state index contributed by atoms with van der Waals surface area (Å²) in [5, 5.41) is 0. The molecule has 1 aromatic carbocycles. The van der Waals surface area contributed by atoms with E-state index >= 15 is 0 Å². The van der Waals surface area contributed by atoms with Gasteiger partial charge in [0.1, 0.15) is 5.60 Å². The zero-order chi connectivity index (χ0) is 19.7. The Morgan fingerprint density at radius 3 is 2.41 bits per heavy atom. The van der Waals surface area contributed by atoms with Gasteiger partial charge in [0.25, 0.3) is 0 Å². The number of rotatable bonds is 2. The van der Waals surface area contributed by atoms with E-state index in [0.29, 0.717) is 12.1 Å². The molecule has 0 spiro atoms. The second-order valence-corrected chi connectivity index (χ2v) is 9.75. The highest BCUT2D eigenvalue weighted by molar-refractivity contribution is 5.69. The molecule has 0 radical (unpaired) electrons. The van der Waals surface area contributed by atoms with Crippen LogP contribution in [0.4, 0.5) is 4.79 Å². The predicted octanol–water partition coefficient (Wildman–Crippen LogP) is 5.39. The van der Waals surface area contributed by atoms with Crippen LogP contribution in [0.5, 0.6) is 0 Å². The lowest BCUT2D eigenvalue weighted by Gasteiger charge is -2.51. The molecular weight excluding hydrogens is 336 g/mol. The molecule has 0 N–H and O–H groups in total. The summed E-state index contributed by atoms with van der Waals surface area (Å²) < 4.78 is 5.66. The van der Waals surface area contributed by atoms with Crippen LogP contribution in [0.2, 0.25) is 0 Å². The van der Waals surface area contributed by atoms with E-state index in [-0.39, 0.29) is 11.6 Å². The molecule has 0 aromatic heterocycles. The van der Waals surface area contributed by atoms with Crippen LogP contribution in [-0.2, 0) is 4.74 Å². The van der Waals surface area contributed by atoms with E-state index < -0.39 is 5.60 Å². The minimum absolute atomic E-state index is 0.177. The number of hydrogen-bond acceptors (Lipinski definition) is 3. The number of hydrogen-bond donors (Lipinski definition) is 0. The Morgan fingerprint density at radius 1 is 1.07 bits per heavy atom. The van der Waals surface area contributed by atoms with Gasteiger partial charge in [-0.25, -0.2) is 4.79 Å². The number of nitrogens with zero attached hydrogens (tertiary/aromatic N) is 2. The first kappa shape index (κ1) is 20.2. The average molecular weight is 373 g/mol. The van der Waals surface area contributed by atoms with Gasteiger partial charge in [-0.2, -0.15) is 0 Å². The first-order chi connectivity index (χ1) is 12.7. The SMILES string of the molecule is CC(C)(C)OC(=O)N1CCC(N2CCCCC2c2ccccc2)CC1(C)C. The van der Waals surface area contributed by atoms with E-state index in [9.17, 15) is 4.79 Å². The van der Waals surface area contributed by atoms with E-state index in [1.54, 1.807) is 0 Å². The lowest BCUT2D eigenvalue weighted by molar-refractivity contribution is -0.0324. The third-order valence-electron chi connectivity index (χ3n) is 5.96. The Hall–Kier alpha value is -1.55. The minimum atomic E-state index is -0.449. The third kappa shape index (κ3) is 4.84. The van der Waals surface area contributed by atoms with Crippen LogP contribution in [0.15, 0.2) is 30.3 Å². The van der Waals surface area contributed by atoms with Crippen molar-refractivity contribution in [1.29, 1.82) is 0 Å². The Bertz CT molecular complexity index is 636. The molecule has 0 bridgehead atoms. The second-order valence-electron chi connectivity index (χ2n) is 9.75. The fourth-order valence-electron chi connectivity index (χ4n) is 4.73. The van der Waals surface area contributed by atoms with Crippen molar-refractivity contribution in [2.45, 2.75) is 89.9 Å². The number of ether oxygens (including phenoxy) is 1. The molecule has 27 heavy (non-hydrogen) atoms. The van der Waals surface area contributed by atoms with Gasteiger partial charge in [0, 0.05) is 24.2 Å². The highest BCUT2D eigenvalue weighted by atomic mass is 16.6. The van der Waals surface area contributed by atoms with E-state index in [4.69, 9.17) is 4.74 Å². The van der Waals surface area contributed by atoms with Crippen molar-refractivity contribution in [3.8, 4) is 0 Å². The molecule has 4 heteroatoms. The molecule has 2 aliphatic rings. The molecule has 2 fully saturated rings. The maximum absolute atomic E-state index is 12.7. The molecule has 1 amide bonds. The maximum atomic E-state index is 12.7. The summed E-state index contributed by atoms with van der Waals surface area (Å²) in [6.45, 7) is 12.1. The van der Waals surface area contributed by atoms with Crippen molar-refractivity contribution < 1.29 is 9.53 Å². The monoisotopic (exact) mass is 372 g/mol. The molecule has 2 saturated heterocycles. The summed E-state index contributed by atoms with van der Waals surface area (Å²) in [4.78, 5) is 17.3. The van der Waals surface area contributed by atoms with Crippen molar-refractivity contribution in [2.24, 2.45) is 0 Å². The molecule has 3 rings (SSSR count). The minimum Gasteiger partial charge on any atom is -0.444 e. The molecule has 1 aromatic rings. The Kier molecular flexibility index (Phi) is 5.85. The van der Waals surface area contributed by atoms with Crippen LogP contribution in [-0.4, -0.2) is 46.2 Å². The predicted molar refractivity (Wildman–Crippen MR) is 110 cm³/mol. The number of benzene rings is 1. The fraction of sp³-hybridized carbons (Fsp3) is 0.696. The van der Waals surface area contributed by atoms with Crippen LogP contribution in [0.25, 0.3) is 0 Å². The van der Waals surface area contributed by atoms with Gasteiger partial charge in [0.2, 0.25) is 0 Å². The van der Waals surface area contributed by atoms with E-state index in [1.807, 2.05) is 25.7 Å². The van der Waals surface area contributed by atoms with Crippen molar-refractivity contribution in [1.82, 2.24) is 9.80 Å². The normalized spacial score (nSPS) is 26.6. The molecule has 0 saturated carbocycles. The maximum Gasteiger partial charge on any atom is 0.410 e. The second kappa shape index (κ2) is 7.83. The quantitative estimate of drug-likeness (QED) is 0.697. The summed E-state index contributed by atoms with van der Waals surface area (Å²) in [7, 11) is 0. The van der Waals surface area contributed by atoms with Crippen LogP contribution in [0.3, 0.4) is 0 Å². The molecule has 2 aliphatic heterocycles. The van der Waals surface area contributed by atoms with Crippen molar-refractivity contribution in [2.75, 3.05) is 13.1 Å². The molecule has 4 nitrogen and oxygen atoms in total. The Morgan fingerprint density at radius 2 is 1.78 bits per heavy atom. The molecule has 2 heterocycles. The Labute approximate surface area is 164 Å². The zero-order valence-corrected chi connectivity index (χ0v) is 17.7. The van der Waals surface area contributed by atoms with E-state index in [2.05, 4.69) is 49.1 Å². The number of likely N-dealkylation sites (tertiary alicyclic amines) is 2. The number of carbonyl (C=O) groups is 1. The van der Waals surface area contributed by atoms with Gasteiger partial charge in [-0.05, 0) is 72.4 Å². The van der Waals surface area contributed by atoms with Crippen molar-refractivity contribution in [3.05, 3.63) is 35.9 Å². The molecule has 2 unspecified atom stereocenters. The van der Waals surface area contributed by atoms with Crippen molar-refractivity contribution >= 4 is 6.09 Å². The topological polar surface area (TPSA) is 32.8 Å². The van der Waals surface area contributed by atoms with Gasteiger partial charge < -0.3 is 9.64 Å². The smallest absolute Gasteiger partial charge is 0.410 e. The highest BCUT2D eigenvalue weighted by Gasteiger charge is 2.43. The molecule has 2 atom stereocenters. The summed E-state index contributed by atoms with van der Waals surface area (Å²) in [6.07, 6.45) is 5.65. The van der Waals surface area contributed by atoms with Crippen LogP contribution in [0, 0.1) is 0 Å². The van der Waals surface area contributed by atoms with Gasteiger partial charge >= 0.3 is 6.09 Å². The van der Waals surface area contributed by atoms with Gasteiger partial charge in [-0.1, -0.05) is 36.8 Å². The van der Waals surface area contributed by atoms with Crippen LogP contribution in [0.1, 0.15) is 78.3 Å². The molecule has 150 valence electrons. The number of piperidine rings is 2. The van der Waals surface area contributed by atoms with Gasteiger partial charge in [0.15, 0.2) is 0 Å². The van der Waals surface area contributed by atoms with Gasteiger partial charge in [-0.15, -0.1) is 0 Å². The Balaban J connectivity index is 1.72. The largest absolute Gasteiger partial charge is 0.444 e. The van der Waals surface area contributed by atoms with Gasteiger partial charge in [0.05, 0.1) is 0 Å². The standard InChI is InChI=1S/C23H36N2O2/c1-22(2,3)27-21(26)25-16-14-19(17-23(25,4)5)24-15-10-9-13-20(24)18-11-7-6-8-12-18/h6-8,11-12,19-20H,9-10,13-17H2,1-5H3. The van der Waals surface area contributed by atoms with Crippen molar-refractivity contribution in [3.63, 3.8) is 0 Å². The summed E-state index contributed by atoms with van der Waals surface area (Å²) >= 11 is 0. The highest BCUT2D eigenvalue weighted by Crippen LogP contribution is 2.39. The summed E-state index contributed by atoms with van der Waals surface area (Å²) in [6, 6.07) is 12.0. The third-order valence-corrected chi connectivity index (χ3v) is 5.96. The fourth-order valence-corrected chi connectivity index (χ4v) is 4.73. The molecular formula is C23H36N2O2. The van der Waals surface area contributed by atoms with Gasteiger partial charge in [-0.3, -0.25) is 4.90 Å². The first-order valence-electron chi connectivity index (χ1n) is 10.5. The van der Waals surface area contributed by atoms with Crippen LogP contribution < -0.4 is 0 Å². The number of amides is 1. The zero-order valence-electron chi connectivity index (χ0n) is 17.7. The lowest BCUT2D eigenvalue weighted by Crippen LogP contribution is -2.58. The van der Waals surface area contributed by atoms with E-state index in [1.165, 1.54) is 24.8 Å². The molecule has 0 aliphatic carbocycles. The summed E-state index contributed by atoms with van der Waals surface area (Å²) in [5.41, 5.74) is 0.795. The van der Waals surface area contributed by atoms with E-state index in [0.717, 1.165) is 25.9 Å². The summed E-state index contributed by atoms with van der Waals surface area (Å²) in [5.74, 6) is 0. The van der Waals surface area contributed by atoms with Crippen LogP contribution >= 0.6 is 0 Å². The number of carbonyl (C=O) groups excluding carboxylic acids is 1.